The monoisotopic (exact) mass is 367 g/mol. The first kappa shape index (κ1) is 18.3. The van der Waals surface area contributed by atoms with Gasteiger partial charge in [0.2, 0.25) is 0 Å². The predicted octanol–water partition coefficient (Wildman–Crippen LogP) is 2.94. The van der Waals surface area contributed by atoms with E-state index in [1.807, 2.05) is 0 Å². The summed E-state index contributed by atoms with van der Waals surface area (Å²) in [5.74, 6) is 0.592. The number of carbonyl (C=O) groups is 1. The Hall–Kier alpha value is -2.45. The molecule has 1 aliphatic carbocycles. The van der Waals surface area contributed by atoms with Gasteiger partial charge in [-0.1, -0.05) is 6.92 Å². The molecule has 140 valence electrons. The van der Waals surface area contributed by atoms with Crippen molar-refractivity contribution in [1.29, 1.82) is 0 Å². The molecule has 3 rings (SSSR count). The molecule has 1 N–H and O–H groups in total. The smallest absolute Gasteiger partial charge is 0.352 e. The number of amides is 1. The largest absolute Gasteiger partial charge is 0.433 e. The van der Waals surface area contributed by atoms with E-state index in [0.717, 1.165) is 29.4 Å². The van der Waals surface area contributed by atoms with Crippen LogP contribution in [-0.4, -0.2) is 32.2 Å². The zero-order valence-corrected chi connectivity index (χ0v) is 14.5. The third-order valence-electron chi connectivity index (χ3n) is 4.16. The summed E-state index contributed by atoms with van der Waals surface area (Å²) in [5.41, 5.74) is -0.133. The lowest BCUT2D eigenvalue weighted by atomic mass is 10.1. The third-order valence-corrected chi connectivity index (χ3v) is 4.16. The Labute approximate surface area is 148 Å². The van der Waals surface area contributed by atoms with E-state index < -0.39 is 11.9 Å². The van der Waals surface area contributed by atoms with E-state index in [4.69, 9.17) is 0 Å². The molecule has 9 heteroatoms. The number of nitrogens with one attached hydrogen (secondary N) is 1. The molecule has 0 spiro atoms. The molecule has 1 atom stereocenters. The summed E-state index contributed by atoms with van der Waals surface area (Å²) >= 11 is 0. The van der Waals surface area contributed by atoms with Crippen molar-refractivity contribution < 1.29 is 18.0 Å². The van der Waals surface area contributed by atoms with Crippen LogP contribution in [0.15, 0.2) is 18.5 Å². The molecule has 1 aliphatic rings. The van der Waals surface area contributed by atoms with Crippen molar-refractivity contribution in [2.75, 3.05) is 6.54 Å². The summed E-state index contributed by atoms with van der Waals surface area (Å²) in [6, 6.07) is 1.02. The maximum Gasteiger partial charge on any atom is 0.433 e. The first-order valence-corrected chi connectivity index (χ1v) is 8.46. The number of halogens is 3. The number of alkyl halides is 3. The fraction of sp³-hybridized carbons (Fsp3) is 0.529. The van der Waals surface area contributed by atoms with Crippen LogP contribution in [0, 0.1) is 12.8 Å². The molecule has 2 aromatic rings. The van der Waals surface area contributed by atoms with E-state index in [0.29, 0.717) is 17.2 Å². The van der Waals surface area contributed by atoms with Crippen molar-refractivity contribution in [3.63, 3.8) is 0 Å². The lowest BCUT2D eigenvalue weighted by molar-refractivity contribution is -0.144. The van der Waals surface area contributed by atoms with Crippen molar-refractivity contribution in [3.05, 3.63) is 41.2 Å². The van der Waals surface area contributed by atoms with Crippen molar-refractivity contribution in [2.24, 2.45) is 5.92 Å². The van der Waals surface area contributed by atoms with E-state index >= 15 is 0 Å². The second-order valence-electron chi connectivity index (χ2n) is 6.77. The van der Waals surface area contributed by atoms with Crippen molar-refractivity contribution >= 4 is 5.91 Å². The fourth-order valence-corrected chi connectivity index (χ4v) is 2.65. The molecule has 0 bridgehead atoms. The van der Waals surface area contributed by atoms with E-state index in [1.54, 1.807) is 6.92 Å². The van der Waals surface area contributed by atoms with Crippen LogP contribution in [-0.2, 0) is 12.7 Å². The SMILES string of the molecule is Cc1cc(C(F)(F)F)n(C[C@@H](C)CNC(=O)c2cnc(C3CC3)nc2)n1. The molecule has 0 saturated heterocycles. The van der Waals surface area contributed by atoms with Gasteiger partial charge < -0.3 is 5.32 Å². The Morgan fingerprint density at radius 2 is 2.00 bits per heavy atom. The van der Waals surface area contributed by atoms with Crippen LogP contribution in [0.3, 0.4) is 0 Å². The molecule has 0 radical (unpaired) electrons. The molecule has 2 aromatic heterocycles. The average Bonchev–Trinajstić information content (AvgIpc) is 3.35. The quantitative estimate of drug-likeness (QED) is 0.852. The standard InChI is InChI=1S/C17H20F3N5O/c1-10(9-25-14(17(18,19)20)5-11(2)24-25)6-23-16(26)13-7-21-15(22-8-13)12-3-4-12/h5,7-8,10,12H,3-4,6,9H2,1-2H3,(H,23,26)/t10-/m0/s1. The minimum absolute atomic E-state index is 0.0556. The van der Waals surface area contributed by atoms with Gasteiger partial charge in [0, 0.05) is 31.4 Å². The van der Waals surface area contributed by atoms with Gasteiger partial charge in [-0.3, -0.25) is 9.48 Å². The van der Waals surface area contributed by atoms with E-state index in [9.17, 15) is 18.0 Å². The molecule has 1 saturated carbocycles. The number of hydrogen-bond donors (Lipinski definition) is 1. The molecule has 0 unspecified atom stereocenters. The number of aryl methyl sites for hydroxylation is 1. The van der Waals surface area contributed by atoms with Gasteiger partial charge in [-0.2, -0.15) is 18.3 Å². The molecular weight excluding hydrogens is 347 g/mol. The van der Waals surface area contributed by atoms with E-state index in [2.05, 4.69) is 20.4 Å². The van der Waals surface area contributed by atoms with Crippen LogP contribution >= 0.6 is 0 Å². The topological polar surface area (TPSA) is 72.7 Å². The molecule has 26 heavy (non-hydrogen) atoms. The van der Waals surface area contributed by atoms with Gasteiger partial charge in [0.1, 0.15) is 11.5 Å². The zero-order chi connectivity index (χ0) is 18.9. The molecule has 0 aromatic carbocycles. The lowest BCUT2D eigenvalue weighted by Gasteiger charge is -2.16. The minimum atomic E-state index is -4.45. The highest BCUT2D eigenvalue weighted by Crippen LogP contribution is 2.37. The molecular formula is C17H20F3N5O. The van der Waals surface area contributed by atoms with Gasteiger partial charge in [-0.15, -0.1) is 0 Å². The normalized spacial score (nSPS) is 15.7. The number of aromatic nitrogens is 4. The third kappa shape index (κ3) is 4.39. The van der Waals surface area contributed by atoms with Crippen molar-refractivity contribution in [3.8, 4) is 0 Å². The first-order valence-electron chi connectivity index (χ1n) is 8.46. The van der Waals surface area contributed by atoms with Gasteiger partial charge in [0.25, 0.3) is 5.91 Å². The van der Waals surface area contributed by atoms with Crippen LogP contribution in [0.5, 0.6) is 0 Å². The van der Waals surface area contributed by atoms with Crippen LogP contribution in [0.25, 0.3) is 0 Å². The van der Waals surface area contributed by atoms with Gasteiger partial charge in [-0.05, 0) is 31.7 Å². The first-order chi connectivity index (χ1) is 12.2. The fourth-order valence-electron chi connectivity index (χ4n) is 2.65. The molecule has 1 amide bonds. The number of carbonyl (C=O) groups excluding carboxylic acids is 1. The Balaban J connectivity index is 1.55. The molecule has 6 nitrogen and oxygen atoms in total. The predicted molar refractivity (Wildman–Crippen MR) is 87.5 cm³/mol. The van der Waals surface area contributed by atoms with Crippen LogP contribution in [0.1, 0.15) is 53.3 Å². The highest BCUT2D eigenvalue weighted by molar-refractivity contribution is 5.93. The minimum Gasteiger partial charge on any atom is -0.352 e. The van der Waals surface area contributed by atoms with Crippen LogP contribution in [0.4, 0.5) is 13.2 Å². The Kier molecular flexibility index (Phi) is 4.97. The summed E-state index contributed by atoms with van der Waals surface area (Å²) < 4.78 is 39.9. The van der Waals surface area contributed by atoms with Crippen molar-refractivity contribution in [1.82, 2.24) is 25.1 Å². The summed E-state index contributed by atoms with van der Waals surface area (Å²) in [6.45, 7) is 3.55. The summed E-state index contributed by atoms with van der Waals surface area (Å²) in [4.78, 5) is 20.5. The van der Waals surface area contributed by atoms with Gasteiger partial charge in [0.05, 0.1) is 11.3 Å². The summed E-state index contributed by atoms with van der Waals surface area (Å²) in [6.07, 6.45) is 0.676. The second kappa shape index (κ2) is 7.05. The number of hydrogen-bond acceptors (Lipinski definition) is 4. The van der Waals surface area contributed by atoms with Crippen molar-refractivity contribution in [2.45, 2.75) is 45.3 Å². The van der Waals surface area contributed by atoms with E-state index in [1.165, 1.54) is 19.3 Å². The molecule has 2 heterocycles. The summed E-state index contributed by atoms with van der Waals surface area (Å²) in [7, 11) is 0. The maximum absolute atomic E-state index is 13.0. The Morgan fingerprint density at radius 3 is 2.58 bits per heavy atom. The van der Waals surface area contributed by atoms with Crippen LogP contribution < -0.4 is 5.32 Å². The number of nitrogens with zero attached hydrogens (tertiary/aromatic N) is 4. The second-order valence-corrected chi connectivity index (χ2v) is 6.77. The van der Waals surface area contributed by atoms with Gasteiger partial charge in [0.15, 0.2) is 0 Å². The van der Waals surface area contributed by atoms with Crippen LogP contribution in [0.2, 0.25) is 0 Å². The summed E-state index contributed by atoms with van der Waals surface area (Å²) in [5, 5.41) is 6.61. The lowest BCUT2D eigenvalue weighted by Crippen LogP contribution is -2.31. The Morgan fingerprint density at radius 1 is 1.35 bits per heavy atom. The highest BCUT2D eigenvalue weighted by Gasteiger charge is 2.35. The maximum atomic E-state index is 13.0. The van der Waals surface area contributed by atoms with E-state index in [-0.39, 0.29) is 24.9 Å². The Bertz CT molecular complexity index is 781. The van der Waals surface area contributed by atoms with Gasteiger partial charge in [-0.25, -0.2) is 9.97 Å². The average molecular weight is 367 g/mol. The number of rotatable bonds is 6. The highest BCUT2D eigenvalue weighted by atomic mass is 19.4. The molecule has 1 fully saturated rings. The zero-order valence-electron chi connectivity index (χ0n) is 14.5. The van der Waals surface area contributed by atoms with Gasteiger partial charge >= 0.3 is 6.18 Å². The molecule has 0 aliphatic heterocycles.